The molecule has 3 aromatic rings. The number of carbonyl (C=O) groups is 1. The molecule has 0 saturated heterocycles. The summed E-state index contributed by atoms with van der Waals surface area (Å²) < 4.78 is 5.84. The molecular formula is C20H22N2O2. The van der Waals surface area contributed by atoms with Crippen molar-refractivity contribution >= 4 is 22.7 Å². The molecule has 1 N–H and O–H groups in total. The Balaban J connectivity index is 1.91. The van der Waals surface area contributed by atoms with E-state index < -0.39 is 0 Å². The van der Waals surface area contributed by atoms with Gasteiger partial charge in [0.15, 0.2) is 5.58 Å². The number of anilines is 1. The van der Waals surface area contributed by atoms with Gasteiger partial charge in [-0.2, -0.15) is 0 Å². The number of nitrogens with zero attached hydrogens (tertiary/aromatic N) is 1. The second-order valence-electron chi connectivity index (χ2n) is 6.93. The summed E-state index contributed by atoms with van der Waals surface area (Å²) in [7, 11) is 0. The van der Waals surface area contributed by atoms with Gasteiger partial charge in [0, 0.05) is 17.7 Å². The SMILES string of the molecule is CCC(=O)Nc1ccc2oc(-c3ccc(C(C)(C)C)cc3)nc2c1. The van der Waals surface area contributed by atoms with Crippen LogP contribution in [0.15, 0.2) is 46.9 Å². The van der Waals surface area contributed by atoms with E-state index in [1.807, 2.05) is 37.3 Å². The standard InChI is InChI=1S/C20H22N2O2/c1-5-18(23)21-15-10-11-17-16(12-15)22-19(24-17)13-6-8-14(9-7-13)20(2,3)4/h6-12H,5H2,1-4H3,(H,21,23). The highest BCUT2D eigenvalue weighted by atomic mass is 16.3. The number of aromatic nitrogens is 1. The normalized spacial score (nSPS) is 11.7. The van der Waals surface area contributed by atoms with Gasteiger partial charge in [-0.15, -0.1) is 0 Å². The van der Waals surface area contributed by atoms with Crippen LogP contribution in [0.5, 0.6) is 0 Å². The quantitative estimate of drug-likeness (QED) is 0.726. The highest BCUT2D eigenvalue weighted by Crippen LogP contribution is 2.29. The van der Waals surface area contributed by atoms with Crippen LogP contribution in [0, 0.1) is 0 Å². The molecule has 0 radical (unpaired) electrons. The second-order valence-corrected chi connectivity index (χ2v) is 6.93. The number of benzene rings is 2. The third kappa shape index (κ3) is 3.32. The van der Waals surface area contributed by atoms with Crippen LogP contribution in [0.3, 0.4) is 0 Å². The van der Waals surface area contributed by atoms with Crippen LogP contribution < -0.4 is 5.32 Å². The average molecular weight is 322 g/mol. The molecule has 0 bridgehead atoms. The van der Waals surface area contributed by atoms with Crippen molar-refractivity contribution in [1.82, 2.24) is 4.98 Å². The van der Waals surface area contributed by atoms with Crippen LogP contribution in [0.25, 0.3) is 22.6 Å². The van der Waals surface area contributed by atoms with Gasteiger partial charge in [-0.25, -0.2) is 4.98 Å². The summed E-state index contributed by atoms with van der Waals surface area (Å²) in [4.78, 5) is 16.1. The van der Waals surface area contributed by atoms with Crippen molar-refractivity contribution in [2.24, 2.45) is 0 Å². The predicted octanol–water partition coefficient (Wildman–Crippen LogP) is 5.14. The van der Waals surface area contributed by atoms with Gasteiger partial charge in [-0.1, -0.05) is 39.8 Å². The zero-order valence-corrected chi connectivity index (χ0v) is 14.5. The number of hydrogen-bond acceptors (Lipinski definition) is 3. The fourth-order valence-corrected chi connectivity index (χ4v) is 2.49. The van der Waals surface area contributed by atoms with E-state index >= 15 is 0 Å². The molecule has 0 fully saturated rings. The van der Waals surface area contributed by atoms with E-state index in [0.29, 0.717) is 17.9 Å². The molecule has 24 heavy (non-hydrogen) atoms. The molecule has 0 spiro atoms. The Morgan fingerprint density at radius 2 is 1.83 bits per heavy atom. The summed E-state index contributed by atoms with van der Waals surface area (Å²) in [6.45, 7) is 8.39. The summed E-state index contributed by atoms with van der Waals surface area (Å²) in [5.74, 6) is 0.570. The highest BCUT2D eigenvalue weighted by molar-refractivity contribution is 5.92. The van der Waals surface area contributed by atoms with Crippen LogP contribution >= 0.6 is 0 Å². The minimum atomic E-state index is -0.0177. The number of carbonyl (C=O) groups excluding carboxylic acids is 1. The third-order valence-electron chi connectivity index (χ3n) is 3.99. The number of amides is 1. The van der Waals surface area contributed by atoms with Crippen molar-refractivity contribution in [3.8, 4) is 11.5 Å². The van der Waals surface area contributed by atoms with E-state index in [1.165, 1.54) is 5.56 Å². The lowest BCUT2D eigenvalue weighted by atomic mass is 9.87. The molecule has 0 atom stereocenters. The average Bonchev–Trinajstić information content (AvgIpc) is 2.97. The first-order valence-corrected chi connectivity index (χ1v) is 8.18. The molecule has 2 aromatic carbocycles. The maximum absolute atomic E-state index is 11.5. The van der Waals surface area contributed by atoms with Crippen molar-refractivity contribution < 1.29 is 9.21 Å². The molecule has 1 aromatic heterocycles. The predicted molar refractivity (Wildman–Crippen MR) is 97.1 cm³/mol. The maximum atomic E-state index is 11.5. The molecule has 0 aliphatic rings. The number of oxazole rings is 1. The van der Waals surface area contributed by atoms with Gasteiger partial charge < -0.3 is 9.73 Å². The molecule has 0 saturated carbocycles. The number of hydrogen-bond donors (Lipinski definition) is 1. The van der Waals surface area contributed by atoms with E-state index in [-0.39, 0.29) is 11.3 Å². The Labute approximate surface area is 141 Å². The van der Waals surface area contributed by atoms with Gasteiger partial charge in [-0.3, -0.25) is 4.79 Å². The molecule has 0 unspecified atom stereocenters. The monoisotopic (exact) mass is 322 g/mol. The van der Waals surface area contributed by atoms with Crippen molar-refractivity contribution in [3.05, 3.63) is 48.0 Å². The lowest BCUT2D eigenvalue weighted by molar-refractivity contribution is -0.115. The Hall–Kier alpha value is -2.62. The summed E-state index contributed by atoms with van der Waals surface area (Å²) >= 11 is 0. The van der Waals surface area contributed by atoms with E-state index in [9.17, 15) is 4.79 Å². The van der Waals surface area contributed by atoms with Crippen LogP contribution in [-0.4, -0.2) is 10.9 Å². The summed E-state index contributed by atoms with van der Waals surface area (Å²) in [5, 5.41) is 2.84. The lowest BCUT2D eigenvalue weighted by Gasteiger charge is -2.18. The van der Waals surface area contributed by atoms with Gasteiger partial charge in [0.25, 0.3) is 0 Å². The molecule has 0 aliphatic carbocycles. The molecule has 4 heteroatoms. The van der Waals surface area contributed by atoms with Gasteiger partial charge in [0.05, 0.1) is 0 Å². The molecule has 3 rings (SSSR count). The number of nitrogens with one attached hydrogen (secondary N) is 1. The van der Waals surface area contributed by atoms with E-state index in [0.717, 1.165) is 16.8 Å². The van der Waals surface area contributed by atoms with Crippen LogP contribution in [-0.2, 0) is 10.2 Å². The minimum absolute atomic E-state index is 0.0177. The first-order chi connectivity index (χ1) is 11.4. The summed E-state index contributed by atoms with van der Waals surface area (Å²) in [6, 6.07) is 13.8. The van der Waals surface area contributed by atoms with Gasteiger partial charge in [0.2, 0.25) is 11.8 Å². The van der Waals surface area contributed by atoms with Crippen molar-refractivity contribution in [1.29, 1.82) is 0 Å². The number of rotatable bonds is 3. The first kappa shape index (κ1) is 16.2. The molecule has 4 nitrogen and oxygen atoms in total. The zero-order chi connectivity index (χ0) is 17.3. The van der Waals surface area contributed by atoms with Crippen molar-refractivity contribution in [2.45, 2.75) is 39.5 Å². The van der Waals surface area contributed by atoms with E-state index in [2.05, 4.69) is 43.2 Å². The molecule has 1 amide bonds. The molecule has 1 heterocycles. The van der Waals surface area contributed by atoms with Gasteiger partial charge in [-0.05, 0) is 41.3 Å². The molecule has 0 aliphatic heterocycles. The Morgan fingerprint density at radius 1 is 1.12 bits per heavy atom. The third-order valence-corrected chi connectivity index (χ3v) is 3.99. The Kier molecular flexibility index (Phi) is 4.14. The maximum Gasteiger partial charge on any atom is 0.227 e. The minimum Gasteiger partial charge on any atom is -0.436 e. The summed E-state index contributed by atoms with van der Waals surface area (Å²) in [5.41, 5.74) is 4.51. The highest BCUT2D eigenvalue weighted by Gasteiger charge is 2.14. The lowest BCUT2D eigenvalue weighted by Crippen LogP contribution is -2.10. The molecular weight excluding hydrogens is 300 g/mol. The van der Waals surface area contributed by atoms with Crippen LogP contribution in [0.2, 0.25) is 0 Å². The smallest absolute Gasteiger partial charge is 0.227 e. The topological polar surface area (TPSA) is 55.1 Å². The zero-order valence-electron chi connectivity index (χ0n) is 14.5. The van der Waals surface area contributed by atoms with Crippen molar-refractivity contribution in [3.63, 3.8) is 0 Å². The number of fused-ring (bicyclic) bond motifs is 1. The van der Waals surface area contributed by atoms with Crippen molar-refractivity contribution in [2.75, 3.05) is 5.32 Å². The first-order valence-electron chi connectivity index (χ1n) is 8.18. The van der Waals surface area contributed by atoms with Crippen LogP contribution in [0.4, 0.5) is 5.69 Å². The van der Waals surface area contributed by atoms with E-state index in [4.69, 9.17) is 4.42 Å². The Morgan fingerprint density at radius 3 is 2.46 bits per heavy atom. The Bertz CT molecular complexity index is 871. The van der Waals surface area contributed by atoms with Crippen LogP contribution in [0.1, 0.15) is 39.7 Å². The van der Waals surface area contributed by atoms with Gasteiger partial charge >= 0.3 is 0 Å². The van der Waals surface area contributed by atoms with E-state index in [1.54, 1.807) is 0 Å². The summed E-state index contributed by atoms with van der Waals surface area (Å²) in [6.07, 6.45) is 0.447. The largest absolute Gasteiger partial charge is 0.436 e. The fraction of sp³-hybridized carbons (Fsp3) is 0.300. The van der Waals surface area contributed by atoms with Gasteiger partial charge in [0.1, 0.15) is 5.52 Å². The molecule has 124 valence electrons. The fourth-order valence-electron chi connectivity index (χ4n) is 2.49. The second kappa shape index (κ2) is 6.11.